The van der Waals surface area contributed by atoms with Gasteiger partial charge in [0.1, 0.15) is 4.32 Å². The second kappa shape index (κ2) is 7.79. The smallest absolute Gasteiger partial charge is 0.337 e. The lowest BCUT2D eigenvalue weighted by atomic mass is 10.0. The maximum Gasteiger partial charge on any atom is 0.337 e. The van der Waals surface area contributed by atoms with Gasteiger partial charge in [0, 0.05) is 0 Å². The number of hydrogen-bond acceptors (Lipinski definition) is 7. The van der Waals surface area contributed by atoms with Crippen LogP contribution in [-0.4, -0.2) is 40.2 Å². The number of thiocarbonyl (C=S) groups is 1. The van der Waals surface area contributed by atoms with Crippen molar-refractivity contribution in [1.29, 1.82) is 0 Å². The molecule has 1 heterocycles. The van der Waals surface area contributed by atoms with Gasteiger partial charge in [0.2, 0.25) is 0 Å². The first-order valence-electron chi connectivity index (χ1n) is 7.42. The van der Waals surface area contributed by atoms with E-state index < -0.39 is 23.9 Å². The lowest BCUT2D eigenvalue weighted by molar-refractivity contribution is -0.311. The van der Waals surface area contributed by atoms with E-state index in [0.717, 1.165) is 16.7 Å². The van der Waals surface area contributed by atoms with E-state index in [1.807, 2.05) is 0 Å². The van der Waals surface area contributed by atoms with Crippen LogP contribution in [-0.2, 0) is 14.3 Å². The van der Waals surface area contributed by atoms with Gasteiger partial charge in [-0.3, -0.25) is 9.69 Å². The summed E-state index contributed by atoms with van der Waals surface area (Å²) >= 11 is 6.21. The molecule has 2 rings (SSSR count). The Morgan fingerprint density at radius 3 is 2.36 bits per heavy atom. The number of rotatable bonds is 5. The normalized spacial score (nSPS) is 17.3. The van der Waals surface area contributed by atoms with E-state index in [0.29, 0.717) is 16.0 Å². The summed E-state index contributed by atoms with van der Waals surface area (Å²) in [4.78, 5) is 36.8. The van der Waals surface area contributed by atoms with Crippen LogP contribution in [0.15, 0.2) is 29.2 Å². The zero-order valence-corrected chi connectivity index (χ0v) is 15.5. The third-order valence-electron chi connectivity index (χ3n) is 3.60. The van der Waals surface area contributed by atoms with Crippen molar-refractivity contribution in [2.24, 2.45) is 5.92 Å². The predicted molar refractivity (Wildman–Crippen MR) is 96.4 cm³/mol. The SMILES string of the molecule is COC(=O)c1ccc(/C=C2/SC(=S)N([C@@H](C(=O)[O-])C(C)C)C2=O)cc1. The van der Waals surface area contributed by atoms with Crippen LogP contribution in [0.3, 0.4) is 0 Å². The molecule has 0 aliphatic carbocycles. The molecule has 0 N–H and O–H groups in total. The number of carbonyl (C=O) groups excluding carboxylic acids is 3. The van der Waals surface area contributed by atoms with Gasteiger partial charge in [-0.25, -0.2) is 4.79 Å². The molecule has 1 atom stereocenters. The Hall–Kier alpha value is -2.19. The molecule has 132 valence electrons. The minimum Gasteiger partial charge on any atom is -0.548 e. The number of thioether (sulfide) groups is 1. The maximum atomic E-state index is 12.6. The summed E-state index contributed by atoms with van der Waals surface area (Å²) in [5.41, 5.74) is 1.08. The topological polar surface area (TPSA) is 86.7 Å². The van der Waals surface area contributed by atoms with E-state index in [9.17, 15) is 19.5 Å². The molecule has 0 spiro atoms. The molecule has 0 bridgehead atoms. The number of carboxylic acids is 1. The number of ether oxygens (including phenoxy) is 1. The minimum absolute atomic E-state index is 0.185. The van der Waals surface area contributed by atoms with E-state index in [2.05, 4.69) is 4.74 Å². The van der Waals surface area contributed by atoms with Gasteiger partial charge < -0.3 is 14.6 Å². The van der Waals surface area contributed by atoms with Crippen molar-refractivity contribution >= 4 is 52.2 Å². The molecule has 25 heavy (non-hydrogen) atoms. The highest BCUT2D eigenvalue weighted by atomic mass is 32.2. The van der Waals surface area contributed by atoms with E-state index in [1.54, 1.807) is 44.2 Å². The molecule has 6 nitrogen and oxygen atoms in total. The minimum atomic E-state index is -1.34. The number of hydrogen-bond donors (Lipinski definition) is 0. The molecule has 1 fully saturated rings. The maximum absolute atomic E-state index is 12.6. The quantitative estimate of drug-likeness (QED) is 0.435. The van der Waals surface area contributed by atoms with Crippen molar-refractivity contribution < 1.29 is 24.2 Å². The monoisotopic (exact) mass is 378 g/mol. The van der Waals surface area contributed by atoms with Crippen LogP contribution >= 0.6 is 24.0 Å². The standard InChI is InChI=1S/C17H17NO5S2/c1-9(2)13(15(20)21)18-14(19)12(25-17(18)24)8-10-4-6-11(7-5-10)16(22)23-3/h4-9,13H,1-3H3,(H,20,21)/p-1/b12-8+/t13-/m1/s1. The molecule has 1 saturated heterocycles. The van der Waals surface area contributed by atoms with Crippen LogP contribution < -0.4 is 5.11 Å². The van der Waals surface area contributed by atoms with Crippen LogP contribution in [0.1, 0.15) is 29.8 Å². The van der Waals surface area contributed by atoms with Gasteiger partial charge in [-0.05, 0) is 29.7 Å². The molecular formula is C17H16NO5S2-. The van der Waals surface area contributed by atoms with E-state index in [1.165, 1.54) is 7.11 Å². The Morgan fingerprint density at radius 1 is 1.28 bits per heavy atom. The Kier molecular flexibility index (Phi) is 5.97. The van der Waals surface area contributed by atoms with Crippen LogP contribution in [0.25, 0.3) is 6.08 Å². The molecule has 8 heteroatoms. The largest absolute Gasteiger partial charge is 0.548 e. The summed E-state index contributed by atoms with van der Waals surface area (Å²) in [5.74, 6) is -2.59. The molecule has 0 saturated carbocycles. The van der Waals surface area contributed by atoms with Gasteiger partial charge in [-0.15, -0.1) is 0 Å². The summed E-state index contributed by atoms with van der Waals surface area (Å²) in [6, 6.07) is 5.38. The van der Waals surface area contributed by atoms with E-state index in [4.69, 9.17) is 12.2 Å². The summed E-state index contributed by atoms with van der Waals surface area (Å²) in [5, 5.41) is 11.4. The first-order chi connectivity index (χ1) is 11.8. The molecule has 1 aromatic rings. The third kappa shape index (κ3) is 4.08. The van der Waals surface area contributed by atoms with Gasteiger partial charge in [0.05, 0.1) is 29.6 Å². The number of methoxy groups -OCH3 is 1. The van der Waals surface area contributed by atoms with Crippen LogP contribution in [0.2, 0.25) is 0 Å². The number of benzene rings is 1. The molecule has 1 amide bonds. The van der Waals surface area contributed by atoms with Gasteiger partial charge in [0.15, 0.2) is 0 Å². The fourth-order valence-electron chi connectivity index (χ4n) is 2.38. The molecule has 0 aromatic heterocycles. The van der Waals surface area contributed by atoms with Crippen molar-refractivity contribution in [3.8, 4) is 0 Å². The average Bonchev–Trinajstić information content (AvgIpc) is 2.82. The predicted octanol–water partition coefficient (Wildman–Crippen LogP) is 1.45. The van der Waals surface area contributed by atoms with Crippen molar-refractivity contribution in [3.63, 3.8) is 0 Å². The molecule has 1 aliphatic rings. The Balaban J connectivity index is 2.28. The highest BCUT2D eigenvalue weighted by Crippen LogP contribution is 2.35. The number of carbonyl (C=O) groups is 3. The number of esters is 1. The summed E-state index contributed by atoms with van der Waals surface area (Å²) in [6.07, 6.45) is 1.60. The van der Waals surface area contributed by atoms with Crippen molar-refractivity contribution in [3.05, 3.63) is 40.3 Å². The fraction of sp³-hybridized carbons (Fsp3) is 0.294. The van der Waals surface area contributed by atoms with Gasteiger partial charge in [-0.2, -0.15) is 0 Å². The van der Waals surface area contributed by atoms with E-state index in [-0.39, 0.29) is 10.2 Å². The second-order valence-electron chi connectivity index (χ2n) is 5.67. The number of nitrogens with zero attached hydrogens (tertiary/aromatic N) is 1. The molecule has 1 aliphatic heterocycles. The first-order valence-corrected chi connectivity index (χ1v) is 8.65. The van der Waals surface area contributed by atoms with Crippen LogP contribution in [0.5, 0.6) is 0 Å². The summed E-state index contributed by atoms with van der Waals surface area (Å²) < 4.78 is 4.81. The van der Waals surface area contributed by atoms with Crippen molar-refractivity contribution in [2.45, 2.75) is 19.9 Å². The Bertz CT molecular complexity index is 755. The van der Waals surface area contributed by atoms with Gasteiger partial charge in [-0.1, -0.05) is 50.0 Å². The van der Waals surface area contributed by atoms with E-state index >= 15 is 0 Å². The molecular weight excluding hydrogens is 362 g/mol. The van der Waals surface area contributed by atoms with Gasteiger partial charge in [0.25, 0.3) is 5.91 Å². The number of aliphatic carboxylic acids is 1. The average molecular weight is 378 g/mol. The van der Waals surface area contributed by atoms with Crippen molar-refractivity contribution in [2.75, 3.05) is 7.11 Å². The lowest BCUT2D eigenvalue weighted by Gasteiger charge is -2.30. The summed E-state index contributed by atoms with van der Waals surface area (Å²) in [7, 11) is 1.30. The lowest BCUT2D eigenvalue weighted by Crippen LogP contribution is -2.52. The van der Waals surface area contributed by atoms with Crippen LogP contribution in [0, 0.1) is 5.92 Å². The fourth-order valence-corrected chi connectivity index (χ4v) is 3.71. The van der Waals surface area contributed by atoms with Crippen LogP contribution in [0.4, 0.5) is 0 Å². The summed E-state index contributed by atoms with van der Waals surface area (Å²) in [6.45, 7) is 3.38. The zero-order valence-electron chi connectivity index (χ0n) is 13.8. The van der Waals surface area contributed by atoms with Crippen molar-refractivity contribution in [1.82, 2.24) is 4.90 Å². The highest BCUT2D eigenvalue weighted by molar-refractivity contribution is 8.26. The Labute approximate surface area is 154 Å². The van der Waals surface area contributed by atoms with Gasteiger partial charge >= 0.3 is 5.97 Å². The zero-order chi connectivity index (χ0) is 18.7. The highest BCUT2D eigenvalue weighted by Gasteiger charge is 2.38. The molecule has 0 radical (unpaired) electrons. The number of amides is 1. The second-order valence-corrected chi connectivity index (χ2v) is 7.35. The number of carboxylic acid groups (broad SMARTS) is 1. The Morgan fingerprint density at radius 2 is 1.88 bits per heavy atom. The molecule has 0 unspecified atom stereocenters. The first kappa shape index (κ1) is 19.1. The molecule has 1 aromatic carbocycles. The third-order valence-corrected chi connectivity index (χ3v) is 4.93.